The molecule has 0 aliphatic carbocycles. The third-order valence-corrected chi connectivity index (χ3v) is 4.31. The topological polar surface area (TPSA) is 29.5 Å². The highest BCUT2D eigenvalue weighted by Crippen LogP contribution is 2.23. The molecule has 0 bridgehead atoms. The van der Waals surface area contributed by atoms with Crippen LogP contribution in [0, 0.1) is 5.92 Å². The van der Waals surface area contributed by atoms with Crippen LogP contribution in [0.25, 0.3) is 10.8 Å². The van der Waals surface area contributed by atoms with Crippen molar-refractivity contribution in [2.75, 3.05) is 20.2 Å². The highest BCUT2D eigenvalue weighted by Gasteiger charge is 2.26. The third-order valence-electron chi connectivity index (χ3n) is 4.31. The fourth-order valence-electron chi connectivity index (χ4n) is 3.23. The molecule has 0 unspecified atom stereocenters. The van der Waals surface area contributed by atoms with Crippen molar-refractivity contribution in [1.29, 1.82) is 0 Å². The zero-order chi connectivity index (χ0) is 14.7. The van der Waals surface area contributed by atoms with Crippen LogP contribution in [0.15, 0.2) is 42.5 Å². The van der Waals surface area contributed by atoms with Crippen LogP contribution < -0.4 is 0 Å². The maximum atomic E-state index is 11.7. The minimum Gasteiger partial charge on any atom is -0.469 e. The highest BCUT2D eigenvalue weighted by molar-refractivity contribution is 5.85. The lowest BCUT2D eigenvalue weighted by atomic mass is 9.97. The van der Waals surface area contributed by atoms with Gasteiger partial charge in [-0.2, -0.15) is 0 Å². The molecule has 3 rings (SSSR count). The monoisotopic (exact) mass is 283 g/mol. The van der Waals surface area contributed by atoms with Crippen molar-refractivity contribution in [3.8, 4) is 0 Å². The third kappa shape index (κ3) is 3.08. The van der Waals surface area contributed by atoms with Crippen molar-refractivity contribution >= 4 is 16.7 Å². The zero-order valence-corrected chi connectivity index (χ0v) is 12.4. The van der Waals surface area contributed by atoms with E-state index in [0.29, 0.717) is 0 Å². The molecule has 1 heterocycles. The van der Waals surface area contributed by atoms with Gasteiger partial charge >= 0.3 is 5.97 Å². The Kier molecular flexibility index (Phi) is 4.20. The van der Waals surface area contributed by atoms with Gasteiger partial charge in [0.05, 0.1) is 13.0 Å². The number of esters is 1. The van der Waals surface area contributed by atoms with Gasteiger partial charge in [-0.25, -0.2) is 0 Å². The summed E-state index contributed by atoms with van der Waals surface area (Å²) in [5.41, 5.74) is 1.33. The molecule has 0 spiro atoms. The first-order chi connectivity index (χ1) is 10.3. The molecule has 2 aromatic carbocycles. The Hall–Kier alpha value is -1.87. The molecule has 1 fully saturated rings. The number of hydrogen-bond donors (Lipinski definition) is 0. The van der Waals surface area contributed by atoms with Crippen LogP contribution in [-0.2, 0) is 16.1 Å². The Labute approximate surface area is 125 Å². The summed E-state index contributed by atoms with van der Waals surface area (Å²) < 4.78 is 4.89. The number of methoxy groups -OCH3 is 1. The average Bonchev–Trinajstić information content (AvgIpc) is 2.55. The molecule has 1 saturated heterocycles. The first kappa shape index (κ1) is 14.1. The van der Waals surface area contributed by atoms with Gasteiger partial charge in [0.1, 0.15) is 0 Å². The van der Waals surface area contributed by atoms with Gasteiger partial charge in [0.15, 0.2) is 0 Å². The molecule has 0 saturated carbocycles. The molecular formula is C18H21NO2. The summed E-state index contributed by atoms with van der Waals surface area (Å²) in [6.07, 6.45) is 2.00. The van der Waals surface area contributed by atoms with Gasteiger partial charge in [0.2, 0.25) is 0 Å². The van der Waals surface area contributed by atoms with Crippen LogP contribution >= 0.6 is 0 Å². The molecule has 21 heavy (non-hydrogen) atoms. The molecule has 3 heteroatoms. The number of piperidine rings is 1. The van der Waals surface area contributed by atoms with Crippen LogP contribution in [0.2, 0.25) is 0 Å². The molecule has 110 valence electrons. The predicted octanol–water partition coefficient (Wildman–Crippen LogP) is 3.22. The number of carbonyl (C=O) groups excluding carboxylic acids is 1. The van der Waals surface area contributed by atoms with E-state index in [4.69, 9.17) is 4.74 Å². The number of hydrogen-bond acceptors (Lipinski definition) is 3. The highest BCUT2D eigenvalue weighted by atomic mass is 16.5. The van der Waals surface area contributed by atoms with Crippen LogP contribution in [0.4, 0.5) is 0 Å². The van der Waals surface area contributed by atoms with Gasteiger partial charge < -0.3 is 4.74 Å². The summed E-state index contributed by atoms with van der Waals surface area (Å²) >= 11 is 0. The molecule has 2 aromatic rings. The first-order valence-corrected chi connectivity index (χ1v) is 7.55. The van der Waals surface area contributed by atoms with Crippen molar-refractivity contribution in [2.24, 2.45) is 5.92 Å². The lowest BCUT2D eigenvalue weighted by Gasteiger charge is -2.31. The van der Waals surface area contributed by atoms with E-state index in [0.717, 1.165) is 32.5 Å². The Bertz CT molecular complexity index is 633. The van der Waals surface area contributed by atoms with E-state index in [9.17, 15) is 4.79 Å². The molecule has 0 N–H and O–H groups in total. The summed E-state index contributed by atoms with van der Waals surface area (Å²) in [5.74, 6) is -0.0450. The van der Waals surface area contributed by atoms with E-state index in [1.165, 1.54) is 23.4 Å². The van der Waals surface area contributed by atoms with Gasteiger partial charge in [-0.1, -0.05) is 42.5 Å². The smallest absolute Gasteiger partial charge is 0.309 e. The Morgan fingerprint density at radius 2 is 2.05 bits per heavy atom. The van der Waals surface area contributed by atoms with Gasteiger partial charge in [-0.15, -0.1) is 0 Å². The zero-order valence-electron chi connectivity index (χ0n) is 12.4. The lowest BCUT2D eigenvalue weighted by Crippen LogP contribution is -2.38. The number of ether oxygens (including phenoxy) is 1. The van der Waals surface area contributed by atoms with E-state index < -0.39 is 0 Å². The van der Waals surface area contributed by atoms with Crippen molar-refractivity contribution < 1.29 is 9.53 Å². The SMILES string of the molecule is COC(=O)[C@H]1CCCN(Cc2cccc3ccccc23)C1. The average molecular weight is 283 g/mol. The Morgan fingerprint density at radius 3 is 2.90 bits per heavy atom. The Morgan fingerprint density at radius 1 is 1.24 bits per heavy atom. The minimum atomic E-state index is -0.0716. The van der Waals surface area contributed by atoms with Gasteiger partial charge in [-0.05, 0) is 35.7 Å². The summed E-state index contributed by atoms with van der Waals surface area (Å²) in [6, 6.07) is 14.9. The normalized spacial score (nSPS) is 19.6. The van der Waals surface area contributed by atoms with Crippen LogP contribution in [0.3, 0.4) is 0 Å². The van der Waals surface area contributed by atoms with Gasteiger partial charge in [0, 0.05) is 13.1 Å². The van der Waals surface area contributed by atoms with E-state index in [2.05, 4.69) is 47.4 Å². The largest absolute Gasteiger partial charge is 0.469 e. The predicted molar refractivity (Wildman–Crippen MR) is 84.0 cm³/mol. The fraction of sp³-hybridized carbons (Fsp3) is 0.389. The summed E-state index contributed by atoms with van der Waals surface area (Å²) in [6.45, 7) is 2.75. The minimum absolute atomic E-state index is 0.0266. The summed E-state index contributed by atoms with van der Waals surface area (Å²) in [4.78, 5) is 14.1. The summed E-state index contributed by atoms with van der Waals surface area (Å²) in [7, 11) is 1.48. The molecule has 0 radical (unpaired) electrons. The van der Waals surface area contributed by atoms with Crippen molar-refractivity contribution in [3.05, 3.63) is 48.0 Å². The summed E-state index contributed by atoms with van der Waals surface area (Å²) in [5, 5.41) is 2.58. The lowest BCUT2D eigenvalue weighted by molar-refractivity contribution is -0.147. The molecule has 3 nitrogen and oxygen atoms in total. The van der Waals surface area contributed by atoms with Gasteiger partial charge in [0.25, 0.3) is 0 Å². The number of nitrogens with zero attached hydrogens (tertiary/aromatic N) is 1. The maximum absolute atomic E-state index is 11.7. The molecule has 1 aliphatic rings. The van der Waals surface area contributed by atoms with E-state index >= 15 is 0 Å². The molecule has 1 aliphatic heterocycles. The number of fused-ring (bicyclic) bond motifs is 1. The van der Waals surface area contributed by atoms with E-state index in [1.807, 2.05) is 0 Å². The number of rotatable bonds is 3. The van der Waals surface area contributed by atoms with Crippen molar-refractivity contribution in [2.45, 2.75) is 19.4 Å². The maximum Gasteiger partial charge on any atom is 0.309 e. The second-order valence-corrected chi connectivity index (χ2v) is 5.74. The molecule has 0 aromatic heterocycles. The van der Waals surface area contributed by atoms with Crippen molar-refractivity contribution in [3.63, 3.8) is 0 Å². The second kappa shape index (κ2) is 6.27. The number of benzene rings is 2. The number of likely N-dealkylation sites (tertiary alicyclic amines) is 1. The van der Waals surface area contributed by atoms with Crippen molar-refractivity contribution in [1.82, 2.24) is 4.90 Å². The van der Waals surface area contributed by atoms with E-state index in [-0.39, 0.29) is 11.9 Å². The molecular weight excluding hydrogens is 262 g/mol. The quantitative estimate of drug-likeness (QED) is 0.810. The van der Waals surface area contributed by atoms with Crippen LogP contribution in [-0.4, -0.2) is 31.1 Å². The second-order valence-electron chi connectivity index (χ2n) is 5.74. The molecule has 0 amide bonds. The molecule has 1 atom stereocenters. The fourth-order valence-corrected chi connectivity index (χ4v) is 3.23. The number of carbonyl (C=O) groups is 1. The Balaban J connectivity index is 1.77. The van der Waals surface area contributed by atoms with Crippen LogP contribution in [0.1, 0.15) is 18.4 Å². The standard InChI is InChI=1S/C18H21NO2/c1-21-18(20)16-9-5-11-19(13-16)12-15-8-4-7-14-6-2-3-10-17(14)15/h2-4,6-8,10,16H,5,9,11-13H2,1H3/t16-/m0/s1. The van der Waals surface area contributed by atoms with Gasteiger partial charge in [-0.3, -0.25) is 9.69 Å². The van der Waals surface area contributed by atoms with E-state index in [1.54, 1.807) is 0 Å². The first-order valence-electron chi connectivity index (χ1n) is 7.55. The van der Waals surface area contributed by atoms with Crippen LogP contribution in [0.5, 0.6) is 0 Å².